The Labute approximate surface area is 163 Å². The van der Waals surface area contributed by atoms with Crippen LogP contribution in [-0.2, 0) is 23.2 Å². The summed E-state index contributed by atoms with van der Waals surface area (Å²) < 4.78 is 1.85. The van der Waals surface area contributed by atoms with Crippen LogP contribution in [0.2, 0.25) is 5.02 Å². The molecule has 0 saturated heterocycles. The molecule has 27 heavy (non-hydrogen) atoms. The van der Waals surface area contributed by atoms with Crippen LogP contribution in [0.15, 0.2) is 61.1 Å². The number of hydrogen-bond donors (Lipinski definition) is 1. The SMILES string of the molecule is O=C(Nc1ccn(CCc2ccncc2)n1)C1(c2cccc(Cl)c2)CCC1. The molecule has 0 spiro atoms. The Balaban J connectivity index is 1.43. The summed E-state index contributed by atoms with van der Waals surface area (Å²) in [4.78, 5) is 17.0. The van der Waals surface area contributed by atoms with Gasteiger partial charge in [-0.2, -0.15) is 5.10 Å². The number of amides is 1. The third kappa shape index (κ3) is 3.74. The molecular formula is C21H21ClN4O. The fourth-order valence-corrected chi connectivity index (χ4v) is 3.74. The maximum atomic E-state index is 13.0. The third-order valence-corrected chi connectivity index (χ3v) is 5.52. The Hall–Kier alpha value is -2.66. The second-order valence-electron chi connectivity index (χ2n) is 6.97. The van der Waals surface area contributed by atoms with E-state index < -0.39 is 5.41 Å². The largest absolute Gasteiger partial charge is 0.308 e. The van der Waals surface area contributed by atoms with Crippen LogP contribution < -0.4 is 5.32 Å². The summed E-state index contributed by atoms with van der Waals surface area (Å²) in [5.41, 5.74) is 1.70. The fraction of sp³-hybridized carbons (Fsp3) is 0.286. The summed E-state index contributed by atoms with van der Waals surface area (Å²) in [5, 5.41) is 8.15. The van der Waals surface area contributed by atoms with Crippen molar-refractivity contribution >= 4 is 23.3 Å². The number of halogens is 1. The van der Waals surface area contributed by atoms with Crippen molar-refractivity contribution in [2.24, 2.45) is 0 Å². The first-order valence-electron chi connectivity index (χ1n) is 9.16. The quantitative estimate of drug-likeness (QED) is 0.696. The van der Waals surface area contributed by atoms with Gasteiger partial charge in [0.15, 0.2) is 5.82 Å². The number of pyridine rings is 1. The topological polar surface area (TPSA) is 59.8 Å². The normalized spacial score (nSPS) is 15.1. The Bertz CT molecular complexity index is 934. The molecule has 2 aromatic heterocycles. The second kappa shape index (κ2) is 7.53. The molecule has 1 aromatic carbocycles. The summed E-state index contributed by atoms with van der Waals surface area (Å²) in [7, 11) is 0. The number of rotatable bonds is 6. The number of nitrogens with zero attached hydrogens (tertiary/aromatic N) is 3. The molecule has 1 fully saturated rings. The van der Waals surface area contributed by atoms with Gasteiger partial charge in [0.05, 0.1) is 5.41 Å². The highest BCUT2D eigenvalue weighted by molar-refractivity contribution is 6.30. The van der Waals surface area contributed by atoms with E-state index in [1.54, 1.807) is 12.4 Å². The lowest BCUT2D eigenvalue weighted by atomic mass is 9.64. The van der Waals surface area contributed by atoms with Gasteiger partial charge in [0.2, 0.25) is 5.91 Å². The molecule has 138 valence electrons. The molecule has 0 radical (unpaired) electrons. The van der Waals surface area contributed by atoms with Crippen molar-refractivity contribution in [1.29, 1.82) is 0 Å². The Morgan fingerprint density at radius 3 is 2.70 bits per heavy atom. The van der Waals surface area contributed by atoms with Crippen molar-refractivity contribution in [3.63, 3.8) is 0 Å². The van der Waals surface area contributed by atoms with E-state index in [4.69, 9.17) is 11.6 Å². The van der Waals surface area contributed by atoms with Crippen molar-refractivity contribution in [2.75, 3.05) is 5.32 Å². The number of aromatic nitrogens is 3. The van der Waals surface area contributed by atoms with Gasteiger partial charge in [0.25, 0.3) is 0 Å². The van der Waals surface area contributed by atoms with E-state index in [1.807, 2.05) is 53.3 Å². The lowest BCUT2D eigenvalue weighted by molar-refractivity contribution is -0.124. The fourth-order valence-electron chi connectivity index (χ4n) is 3.55. The molecule has 1 N–H and O–H groups in total. The van der Waals surface area contributed by atoms with Gasteiger partial charge in [-0.3, -0.25) is 14.5 Å². The van der Waals surface area contributed by atoms with Crippen molar-refractivity contribution in [3.05, 3.63) is 77.2 Å². The Morgan fingerprint density at radius 2 is 2.00 bits per heavy atom. The number of aryl methyl sites for hydroxylation is 2. The lowest BCUT2D eigenvalue weighted by Crippen LogP contribution is -2.46. The third-order valence-electron chi connectivity index (χ3n) is 5.28. The molecule has 1 aliphatic carbocycles. The maximum absolute atomic E-state index is 13.0. The minimum Gasteiger partial charge on any atom is -0.308 e. The highest BCUT2D eigenvalue weighted by atomic mass is 35.5. The van der Waals surface area contributed by atoms with Crippen LogP contribution in [0.1, 0.15) is 30.4 Å². The zero-order chi connectivity index (χ0) is 18.7. The minimum absolute atomic E-state index is 0.00426. The standard InChI is InChI=1S/C21H21ClN4O/c22-18-4-1-3-17(15-18)21(9-2-10-21)20(27)24-19-8-14-26(25-19)13-7-16-5-11-23-12-6-16/h1,3-6,8,11-12,14-15H,2,7,9-10,13H2,(H,24,25,27). The highest BCUT2D eigenvalue weighted by Crippen LogP contribution is 2.45. The summed E-state index contributed by atoms with van der Waals surface area (Å²) in [6, 6.07) is 13.5. The van der Waals surface area contributed by atoms with Crippen LogP contribution in [-0.4, -0.2) is 20.7 Å². The van der Waals surface area contributed by atoms with Crippen LogP contribution >= 0.6 is 11.6 Å². The molecule has 6 heteroatoms. The van der Waals surface area contributed by atoms with Gasteiger partial charge in [-0.25, -0.2) is 0 Å². The summed E-state index contributed by atoms with van der Waals surface area (Å²) in [5.74, 6) is 0.582. The predicted octanol–water partition coefficient (Wildman–Crippen LogP) is 4.23. The van der Waals surface area contributed by atoms with E-state index in [1.165, 1.54) is 5.56 Å². The Kier molecular flexibility index (Phi) is 4.94. The average molecular weight is 381 g/mol. The number of hydrogen-bond acceptors (Lipinski definition) is 3. The van der Waals surface area contributed by atoms with Gasteiger partial charge in [-0.15, -0.1) is 0 Å². The van der Waals surface area contributed by atoms with Crippen molar-refractivity contribution in [1.82, 2.24) is 14.8 Å². The molecule has 1 aliphatic rings. The molecule has 0 unspecified atom stereocenters. The van der Waals surface area contributed by atoms with E-state index in [0.29, 0.717) is 10.8 Å². The van der Waals surface area contributed by atoms with Crippen LogP contribution in [0.5, 0.6) is 0 Å². The summed E-state index contributed by atoms with van der Waals surface area (Å²) in [6.07, 6.45) is 9.05. The molecule has 2 heterocycles. The monoisotopic (exact) mass is 380 g/mol. The minimum atomic E-state index is -0.494. The van der Waals surface area contributed by atoms with Gasteiger partial charge in [0.1, 0.15) is 0 Å². The first-order chi connectivity index (χ1) is 13.2. The molecular weight excluding hydrogens is 360 g/mol. The maximum Gasteiger partial charge on any atom is 0.236 e. The molecule has 1 amide bonds. The second-order valence-corrected chi connectivity index (χ2v) is 7.41. The zero-order valence-corrected chi connectivity index (χ0v) is 15.7. The van der Waals surface area contributed by atoms with Crippen LogP contribution in [0.25, 0.3) is 0 Å². The average Bonchev–Trinajstić information content (AvgIpc) is 3.07. The van der Waals surface area contributed by atoms with E-state index in [9.17, 15) is 4.79 Å². The molecule has 0 aliphatic heterocycles. The smallest absolute Gasteiger partial charge is 0.236 e. The first kappa shape index (κ1) is 17.7. The van der Waals surface area contributed by atoms with Crippen molar-refractivity contribution in [2.45, 2.75) is 37.6 Å². The molecule has 0 bridgehead atoms. The number of carbonyl (C=O) groups is 1. The number of benzene rings is 1. The predicted molar refractivity (Wildman–Crippen MR) is 106 cm³/mol. The van der Waals surface area contributed by atoms with Gasteiger partial charge in [0, 0.05) is 36.2 Å². The van der Waals surface area contributed by atoms with Gasteiger partial charge in [-0.1, -0.05) is 30.2 Å². The van der Waals surface area contributed by atoms with Crippen molar-refractivity contribution in [3.8, 4) is 0 Å². The Morgan fingerprint density at radius 1 is 1.19 bits per heavy atom. The lowest BCUT2D eigenvalue weighted by Gasteiger charge is -2.40. The summed E-state index contributed by atoms with van der Waals surface area (Å²) in [6.45, 7) is 0.749. The van der Waals surface area contributed by atoms with Gasteiger partial charge >= 0.3 is 0 Å². The van der Waals surface area contributed by atoms with E-state index in [0.717, 1.165) is 37.8 Å². The van der Waals surface area contributed by atoms with E-state index >= 15 is 0 Å². The van der Waals surface area contributed by atoms with Crippen LogP contribution in [0.3, 0.4) is 0 Å². The van der Waals surface area contributed by atoms with Crippen LogP contribution in [0, 0.1) is 0 Å². The van der Waals surface area contributed by atoms with Crippen molar-refractivity contribution < 1.29 is 4.79 Å². The molecule has 4 rings (SSSR count). The van der Waals surface area contributed by atoms with E-state index in [-0.39, 0.29) is 5.91 Å². The van der Waals surface area contributed by atoms with Crippen LogP contribution in [0.4, 0.5) is 5.82 Å². The van der Waals surface area contributed by atoms with Gasteiger partial charge < -0.3 is 5.32 Å². The molecule has 5 nitrogen and oxygen atoms in total. The highest BCUT2D eigenvalue weighted by Gasteiger charge is 2.45. The van der Waals surface area contributed by atoms with E-state index in [2.05, 4.69) is 15.4 Å². The zero-order valence-electron chi connectivity index (χ0n) is 14.9. The number of anilines is 1. The summed E-state index contributed by atoms with van der Waals surface area (Å²) >= 11 is 6.13. The van der Waals surface area contributed by atoms with Gasteiger partial charge in [-0.05, 0) is 54.7 Å². The molecule has 3 aromatic rings. The number of carbonyl (C=O) groups excluding carboxylic acids is 1. The molecule has 1 saturated carbocycles. The number of nitrogens with one attached hydrogen (secondary N) is 1. The molecule has 0 atom stereocenters. The first-order valence-corrected chi connectivity index (χ1v) is 9.53.